The molecule has 0 unspecified atom stereocenters. The summed E-state index contributed by atoms with van der Waals surface area (Å²) in [6.45, 7) is 2.40. The van der Waals surface area contributed by atoms with E-state index in [4.69, 9.17) is 0 Å². The number of nitrogens with one attached hydrogen (secondary N) is 1. The number of anilines is 1. The van der Waals surface area contributed by atoms with Gasteiger partial charge in [0.05, 0.1) is 29.9 Å². The lowest BCUT2D eigenvalue weighted by molar-refractivity contribution is -0.113. The molecule has 2 heterocycles. The van der Waals surface area contributed by atoms with Gasteiger partial charge < -0.3 is 15.0 Å². The second-order valence-corrected chi connectivity index (χ2v) is 7.19. The number of carbonyl (C=O) groups excluding carboxylic acids is 1. The van der Waals surface area contributed by atoms with E-state index in [1.165, 1.54) is 23.1 Å². The Labute approximate surface area is 153 Å². The summed E-state index contributed by atoms with van der Waals surface area (Å²) in [4.78, 5) is 20.6. The molecule has 3 aromatic rings. The SMILES string of the molecule is Cc1csc(NC(=O)CSc2ncc(CO)n2Cc2ccccc2)n1. The van der Waals surface area contributed by atoms with Crippen LogP contribution in [-0.2, 0) is 17.9 Å². The normalized spacial score (nSPS) is 10.8. The van der Waals surface area contributed by atoms with E-state index in [9.17, 15) is 9.90 Å². The van der Waals surface area contributed by atoms with Gasteiger partial charge in [0.1, 0.15) is 0 Å². The van der Waals surface area contributed by atoms with Crippen molar-refractivity contribution in [3.05, 3.63) is 58.9 Å². The van der Waals surface area contributed by atoms with E-state index in [1.54, 1.807) is 6.20 Å². The molecule has 0 aliphatic heterocycles. The number of hydrogen-bond acceptors (Lipinski definition) is 6. The summed E-state index contributed by atoms with van der Waals surface area (Å²) in [6, 6.07) is 9.95. The zero-order valence-corrected chi connectivity index (χ0v) is 15.3. The van der Waals surface area contributed by atoms with Crippen LogP contribution in [0.25, 0.3) is 0 Å². The summed E-state index contributed by atoms with van der Waals surface area (Å²) >= 11 is 2.75. The van der Waals surface area contributed by atoms with Crippen LogP contribution in [0.2, 0.25) is 0 Å². The fraction of sp³-hybridized carbons (Fsp3) is 0.235. The lowest BCUT2D eigenvalue weighted by Gasteiger charge is -2.10. The second kappa shape index (κ2) is 8.28. The number of thioether (sulfide) groups is 1. The number of aliphatic hydroxyl groups is 1. The summed E-state index contributed by atoms with van der Waals surface area (Å²) < 4.78 is 1.93. The third kappa shape index (κ3) is 4.68. The van der Waals surface area contributed by atoms with Crippen molar-refractivity contribution < 1.29 is 9.90 Å². The van der Waals surface area contributed by atoms with E-state index in [-0.39, 0.29) is 18.3 Å². The molecular formula is C17H18N4O2S2. The van der Waals surface area contributed by atoms with Gasteiger partial charge in [0.15, 0.2) is 10.3 Å². The average Bonchev–Trinajstić information content (AvgIpc) is 3.20. The highest BCUT2D eigenvalue weighted by atomic mass is 32.2. The molecule has 6 nitrogen and oxygen atoms in total. The van der Waals surface area contributed by atoms with E-state index >= 15 is 0 Å². The molecule has 0 saturated carbocycles. The van der Waals surface area contributed by atoms with Gasteiger partial charge in [0, 0.05) is 11.9 Å². The number of aliphatic hydroxyl groups excluding tert-OH is 1. The first kappa shape index (κ1) is 17.7. The maximum atomic E-state index is 12.1. The lowest BCUT2D eigenvalue weighted by atomic mass is 10.2. The van der Waals surface area contributed by atoms with Crippen molar-refractivity contribution in [3.63, 3.8) is 0 Å². The Hall–Kier alpha value is -2.16. The first-order valence-electron chi connectivity index (χ1n) is 7.69. The number of benzene rings is 1. The summed E-state index contributed by atoms with van der Waals surface area (Å²) in [5.74, 6) is 0.106. The zero-order valence-electron chi connectivity index (χ0n) is 13.7. The van der Waals surface area contributed by atoms with E-state index in [0.717, 1.165) is 17.0 Å². The van der Waals surface area contributed by atoms with Crippen molar-refractivity contribution in [2.75, 3.05) is 11.1 Å². The molecule has 0 atom stereocenters. The number of hydrogen-bond donors (Lipinski definition) is 2. The Morgan fingerprint density at radius 3 is 2.84 bits per heavy atom. The minimum atomic E-state index is -0.126. The number of carbonyl (C=O) groups is 1. The van der Waals surface area contributed by atoms with Crippen LogP contribution >= 0.6 is 23.1 Å². The number of aromatic nitrogens is 3. The molecule has 0 aliphatic carbocycles. The molecule has 0 radical (unpaired) electrons. The van der Waals surface area contributed by atoms with Crippen LogP contribution in [-0.4, -0.2) is 31.3 Å². The third-order valence-electron chi connectivity index (χ3n) is 3.44. The highest BCUT2D eigenvalue weighted by Crippen LogP contribution is 2.21. The largest absolute Gasteiger partial charge is 0.390 e. The first-order valence-corrected chi connectivity index (χ1v) is 9.56. The topological polar surface area (TPSA) is 80.0 Å². The van der Waals surface area contributed by atoms with Gasteiger partial charge in [-0.3, -0.25) is 4.79 Å². The number of imidazole rings is 1. The highest BCUT2D eigenvalue weighted by molar-refractivity contribution is 7.99. The Morgan fingerprint density at radius 1 is 1.36 bits per heavy atom. The van der Waals surface area contributed by atoms with Crippen molar-refractivity contribution in [3.8, 4) is 0 Å². The minimum absolute atomic E-state index is 0.0923. The van der Waals surface area contributed by atoms with Gasteiger partial charge >= 0.3 is 0 Å². The maximum Gasteiger partial charge on any atom is 0.236 e. The molecule has 2 N–H and O–H groups in total. The molecular weight excluding hydrogens is 356 g/mol. The number of rotatable bonds is 7. The van der Waals surface area contributed by atoms with Crippen LogP contribution in [0.15, 0.2) is 47.1 Å². The summed E-state index contributed by atoms with van der Waals surface area (Å²) in [5.41, 5.74) is 2.72. The number of nitrogens with zero attached hydrogens (tertiary/aromatic N) is 3. The molecule has 0 spiro atoms. The number of thiazole rings is 1. The number of aryl methyl sites for hydroxylation is 1. The van der Waals surface area contributed by atoms with E-state index in [0.29, 0.717) is 16.8 Å². The molecule has 2 aromatic heterocycles. The van der Waals surface area contributed by atoms with Crippen LogP contribution in [0.4, 0.5) is 5.13 Å². The van der Waals surface area contributed by atoms with E-state index in [2.05, 4.69) is 15.3 Å². The molecule has 8 heteroatoms. The smallest absolute Gasteiger partial charge is 0.236 e. The quantitative estimate of drug-likeness (QED) is 0.622. The second-order valence-electron chi connectivity index (χ2n) is 5.39. The van der Waals surface area contributed by atoms with Crippen molar-refractivity contribution in [1.29, 1.82) is 0 Å². The molecule has 0 fully saturated rings. The van der Waals surface area contributed by atoms with Crippen LogP contribution in [0.5, 0.6) is 0 Å². The van der Waals surface area contributed by atoms with Gasteiger partial charge in [-0.05, 0) is 12.5 Å². The van der Waals surface area contributed by atoms with Gasteiger partial charge in [-0.2, -0.15) is 0 Å². The van der Waals surface area contributed by atoms with Crippen LogP contribution in [0, 0.1) is 6.92 Å². The van der Waals surface area contributed by atoms with Crippen LogP contribution in [0.3, 0.4) is 0 Å². The van der Waals surface area contributed by atoms with Gasteiger partial charge in [-0.1, -0.05) is 42.1 Å². The third-order valence-corrected chi connectivity index (χ3v) is 5.31. The summed E-state index contributed by atoms with van der Waals surface area (Å²) in [6.07, 6.45) is 1.65. The molecule has 0 saturated heterocycles. The molecule has 0 aliphatic rings. The minimum Gasteiger partial charge on any atom is -0.390 e. The van der Waals surface area contributed by atoms with Gasteiger partial charge in [-0.25, -0.2) is 9.97 Å². The monoisotopic (exact) mass is 374 g/mol. The molecule has 130 valence electrons. The van der Waals surface area contributed by atoms with Crippen LogP contribution < -0.4 is 5.32 Å². The Morgan fingerprint density at radius 2 is 2.16 bits per heavy atom. The van der Waals surface area contributed by atoms with E-state index in [1.807, 2.05) is 47.2 Å². The molecule has 25 heavy (non-hydrogen) atoms. The lowest BCUT2D eigenvalue weighted by Crippen LogP contribution is -2.15. The standard InChI is InChI=1S/C17H18N4O2S2/c1-12-10-24-16(19-12)20-15(23)11-25-17-18-7-14(9-22)21(17)8-13-5-3-2-4-6-13/h2-7,10,22H,8-9,11H2,1H3,(H,19,20,23). The molecule has 1 aromatic carbocycles. The van der Waals surface area contributed by atoms with Crippen molar-refractivity contribution in [1.82, 2.24) is 14.5 Å². The Kier molecular flexibility index (Phi) is 5.85. The van der Waals surface area contributed by atoms with Crippen molar-refractivity contribution >= 4 is 34.1 Å². The summed E-state index contributed by atoms with van der Waals surface area (Å²) in [7, 11) is 0. The Bertz CT molecular complexity index is 845. The average molecular weight is 374 g/mol. The fourth-order valence-electron chi connectivity index (χ4n) is 2.27. The van der Waals surface area contributed by atoms with Crippen molar-refractivity contribution in [2.24, 2.45) is 0 Å². The first-order chi connectivity index (χ1) is 12.2. The van der Waals surface area contributed by atoms with Gasteiger partial charge in [0.25, 0.3) is 0 Å². The summed E-state index contributed by atoms with van der Waals surface area (Å²) in [5, 5.41) is 15.5. The highest BCUT2D eigenvalue weighted by Gasteiger charge is 2.13. The Balaban J connectivity index is 1.65. The van der Waals surface area contributed by atoms with E-state index < -0.39 is 0 Å². The zero-order chi connectivity index (χ0) is 17.6. The van der Waals surface area contributed by atoms with Crippen molar-refractivity contribution in [2.45, 2.75) is 25.2 Å². The molecule has 1 amide bonds. The van der Waals surface area contributed by atoms with Crippen LogP contribution in [0.1, 0.15) is 17.0 Å². The maximum absolute atomic E-state index is 12.1. The molecule has 3 rings (SSSR count). The fourth-order valence-corrected chi connectivity index (χ4v) is 3.77. The predicted molar refractivity (Wildman–Crippen MR) is 99.9 cm³/mol. The predicted octanol–water partition coefficient (Wildman–Crippen LogP) is 2.92. The molecule has 0 bridgehead atoms. The van der Waals surface area contributed by atoms with Gasteiger partial charge in [0.2, 0.25) is 5.91 Å². The number of amides is 1. The van der Waals surface area contributed by atoms with Gasteiger partial charge in [-0.15, -0.1) is 11.3 Å².